The lowest BCUT2D eigenvalue weighted by Gasteiger charge is -2.26. The largest absolute Gasteiger partial charge is 0.241 e. The van der Waals surface area contributed by atoms with Crippen LogP contribution in [0.1, 0.15) is 29.2 Å². The van der Waals surface area contributed by atoms with Gasteiger partial charge in [0.05, 0.1) is 4.90 Å². The van der Waals surface area contributed by atoms with Gasteiger partial charge < -0.3 is 0 Å². The number of fused-ring (bicyclic) bond motifs is 1. The van der Waals surface area contributed by atoms with Crippen molar-refractivity contribution in [3.8, 4) is 0 Å². The lowest BCUT2D eigenvalue weighted by atomic mass is 10.1. The lowest BCUT2D eigenvalue weighted by Crippen LogP contribution is -2.31. The van der Waals surface area contributed by atoms with E-state index in [1.54, 1.807) is 17.8 Å². The second kappa shape index (κ2) is 6.07. The van der Waals surface area contributed by atoms with Crippen LogP contribution in [0.5, 0.6) is 0 Å². The molecule has 0 fully saturated rings. The van der Waals surface area contributed by atoms with Crippen molar-refractivity contribution in [2.24, 2.45) is 0 Å². The van der Waals surface area contributed by atoms with E-state index in [1.165, 1.54) is 4.90 Å². The van der Waals surface area contributed by atoms with E-state index in [0.717, 1.165) is 28.9 Å². The fourth-order valence-corrected chi connectivity index (χ4v) is 5.42. The first-order valence-corrected chi connectivity index (χ1v) is 9.75. The summed E-state index contributed by atoms with van der Waals surface area (Å²) in [5, 5.41) is 0. The quantitative estimate of drug-likeness (QED) is 0.929. The summed E-state index contributed by atoms with van der Waals surface area (Å²) < 4.78 is 28.4. The number of aryl methyl sites for hydroxylation is 2. The van der Waals surface area contributed by atoms with Crippen LogP contribution in [0.15, 0.2) is 52.3 Å². The van der Waals surface area contributed by atoms with Gasteiger partial charge in [0.25, 0.3) is 0 Å². The highest BCUT2D eigenvalue weighted by atomic mass is 32.2. The second-order valence-electron chi connectivity index (χ2n) is 5.62. The maximum Gasteiger partial charge on any atom is 0.241 e. The molecular formula is C17H19NO2S2. The molecule has 1 atom stereocenters. The molecule has 1 heterocycles. The topological polar surface area (TPSA) is 46.2 Å². The van der Waals surface area contributed by atoms with Gasteiger partial charge in [0, 0.05) is 10.9 Å². The average molecular weight is 333 g/mol. The summed E-state index contributed by atoms with van der Waals surface area (Å²) in [6, 6.07) is 13.4. The van der Waals surface area contributed by atoms with Crippen molar-refractivity contribution in [1.82, 2.24) is 4.72 Å². The Morgan fingerprint density at radius 1 is 1.14 bits per heavy atom. The Hall–Kier alpha value is -1.30. The van der Waals surface area contributed by atoms with E-state index in [1.807, 2.05) is 44.2 Å². The molecule has 22 heavy (non-hydrogen) atoms. The van der Waals surface area contributed by atoms with Gasteiger partial charge in [0.15, 0.2) is 0 Å². The molecule has 0 saturated heterocycles. The summed E-state index contributed by atoms with van der Waals surface area (Å²) in [7, 11) is -3.52. The zero-order valence-corrected chi connectivity index (χ0v) is 14.3. The highest BCUT2D eigenvalue weighted by Gasteiger charge is 2.26. The van der Waals surface area contributed by atoms with E-state index < -0.39 is 10.0 Å². The van der Waals surface area contributed by atoms with Gasteiger partial charge in [-0.1, -0.05) is 30.3 Å². The number of hydrogen-bond donors (Lipinski definition) is 1. The molecule has 0 aliphatic carbocycles. The third-order valence-electron chi connectivity index (χ3n) is 3.89. The van der Waals surface area contributed by atoms with E-state index in [-0.39, 0.29) is 6.04 Å². The molecule has 1 aliphatic heterocycles. The number of thioether (sulfide) groups is 1. The highest BCUT2D eigenvalue weighted by Crippen LogP contribution is 2.36. The van der Waals surface area contributed by atoms with Gasteiger partial charge in [-0.2, -0.15) is 0 Å². The second-order valence-corrected chi connectivity index (χ2v) is 8.44. The van der Waals surface area contributed by atoms with E-state index in [2.05, 4.69) is 10.8 Å². The monoisotopic (exact) mass is 333 g/mol. The van der Waals surface area contributed by atoms with Crippen molar-refractivity contribution in [3.05, 3.63) is 59.2 Å². The fourth-order valence-electron chi connectivity index (χ4n) is 2.71. The Morgan fingerprint density at radius 3 is 2.73 bits per heavy atom. The van der Waals surface area contributed by atoms with Crippen LogP contribution in [0, 0.1) is 13.8 Å². The first-order chi connectivity index (χ1) is 10.5. The smallest absolute Gasteiger partial charge is 0.207 e. The Morgan fingerprint density at radius 2 is 1.91 bits per heavy atom. The minimum Gasteiger partial charge on any atom is -0.207 e. The zero-order valence-electron chi connectivity index (χ0n) is 12.7. The van der Waals surface area contributed by atoms with Gasteiger partial charge in [-0.3, -0.25) is 0 Å². The SMILES string of the molecule is Cc1ccc(C)c(S(=O)(=O)N[C@H]2CCSc3ccccc32)c1. The maximum atomic E-state index is 12.8. The molecule has 0 aromatic heterocycles. The van der Waals surface area contributed by atoms with Crippen LogP contribution in [0.3, 0.4) is 0 Å². The Bertz CT molecular complexity index is 800. The van der Waals surface area contributed by atoms with Crippen molar-refractivity contribution in [2.75, 3.05) is 5.75 Å². The van der Waals surface area contributed by atoms with Gasteiger partial charge in [-0.25, -0.2) is 13.1 Å². The molecular weight excluding hydrogens is 314 g/mol. The number of hydrogen-bond acceptors (Lipinski definition) is 3. The third kappa shape index (κ3) is 3.07. The highest BCUT2D eigenvalue weighted by molar-refractivity contribution is 7.99. The minimum atomic E-state index is -3.52. The van der Waals surface area contributed by atoms with Crippen molar-refractivity contribution in [2.45, 2.75) is 36.1 Å². The van der Waals surface area contributed by atoms with Crippen molar-refractivity contribution in [3.63, 3.8) is 0 Å². The van der Waals surface area contributed by atoms with Crippen molar-refractivity contribution >= 4 is 21.8 Å². The molecule has 0 saturated carbocycles. The Labute approximate surface area is 136 Å². The molecule has 3 rings (SSSR count). The summed E-state index contributed by atoms with van der Waals surface area (Å²) in [5.74, 6) is 0.928. The molecule has 0 bridgehead atoms. The predicted octanol–water partition coefficient (Wildman–Crippen LogP) is 3.82. The molecule has 0 spiro atoms. The predicted molar refractivity (Wildman–Crippen MR) is 90.8 cm³/mol. The van der Waals surface area contributed by atoms with Crippen LogP contribution in [0.2, 0.25) is 0 Å². The molecule has 2 aromatic carbocycles. The molecule has 0 unspecified atom stereocenters. The molecule has 2 aromatic rings. The number of rotatable bonds is 3. The molecule has 1 aliphatic rings. The molecule has 116 valence electrons. The van der Waals surface area contributed by atoms with Crippen molar-refractivity contribution < 1.29 is 8.42 Å². The lowest BCUT2D eigenvalue weighted by molar-refractivity contribution is 0.545. The van der Waals surface area contributed by atoms with Crippen LogP contribution >= 0.6 is 11.8 Å². The van der Waals surface area contributed by atoms with E-state index >= 15 is 0 Å². The van der Waals surface area contributed by atoms with Gasteiger partial charge in [0.1, 0.15) is 0 Å². The van der Waals surface area contributed by atoms with Crippen LogP contribution in [-0.2, 0) is 10.0 Å². The third-order valence-corrected chi connectivity index (χ3v) is 6.63. The number of nitrogens with one attached hydrogen (secondary N) is 1. The summed E-state index contributed by atoms with van der Waals surface area (Å²) in [4.78, 5) is 1.55. The first kappa shape index (κ1) is 15.6. The van der Waals surface area contributed by atoms with E-state index in [0.29, 0.717) is 4.90 Å². The van der Waals surface area contributed by atoms with Gasteiger partial charge >= 0.3 is 0 Å². The van der Waals surface area contributed by atoms with Crippen LogP contribution in [-0.4, -0.2) is 14.2 Å². The first-order valence-electron chi connectivity index (χ1n) is 7.29. The molecule has 1 N–H and O–H groups in total. The summed E-state index contributed by atoms with van der Waals surface area (Å²) in [5.41, 5.74) is 2.80. The average Bonchev–Trinajstić information content (AvgIpc) is 2.50. The van der Waals surface area contributed by atoms with E-state index in [4.69, 9.17) is 0 Å². The van der Waals surface area contributed by atoms with Gasteiger partial charge in [-0.15, -0.1) is 11.8 Å². The number of benzene rings is 2. The fraction of sp³-hybridized carbons (Fsp3) is 0.294. The van der Waals surface area contributed by atoms with Crippen LogP contribution in [0.4, 0.5) is 0 Å². The maximum absolute atomic E-state index is 12.8. The summed E-state index contributed by atoms with van der Waals surface area (Å²) in [6.07, 6.45) is 0.811. The Kier molecular flexibility index (Phi) is 4.30. The normalized spacial score (nSPS) is 18.0. The van der Waals surface area contributed by atoms with Crippen LogP contribution in [0.25, 0.3) is 0 Å². The summed E-state index contributed by atoms with van der Waals surface area (Å²) >= 11 is 1.79. The van der Waals surface area contributed by atoms with E-state index in [9.17, 15) is 8.42 Å². The van der Waals surface area contributed by atoms with Crippen molar-refractivity contribution in [1.29, 1.82) is 0 Å². The Balaban J connectivity index is 1.95. The molecule has 5 heteroatoms. The van der Waals surface area contributed by atoms with Gasteiger partial charge in [-0.05, 0) is 54.8 Å². The van der Waals surface area contributed by atoms with Gasteiger partial charge in [0.2, 0.25) is 10.0 Å². The molecule has 3 nitrogen and oxygen atoms in total. The number of sulfonamides is 1. The molecule has 0 radical (unpaired) electrons. The van der Waals surface area contributed by atoms with Crippen LogP contribution < -0.4 is 4.72 Å². The minimum absolute atomic E-state index is 0.151. The standard InChI is InChI=1S/C17H19NO2S2/c1-12-7-8-13(2)17(11-12)22(19,20)18-15-9-10-21-16-6-4-3-5-14(15)16/h3-8,11,15,18H,9-10H2,1-2H3/t15-/m0/s1. The zero-order chi connectivity index (χ0) is 15.7. The molecule has 0 amide bonds. The summed E-state index contributed by atoms with van der Waals surface area (Å²) in [6.45, 7) is 3.74.